The maximum Gasteiger partial charge on any atom is 0.101 e. The van der Waals surface area contributed by atoms with Gasteiger partial charge in [0.15, 0.2) is 0 Å². The van der Waals surface area contributed by atoms with E-state index in [1.807, 2.05) is 26.2 Å². The van der Waals surface area contributed by atoms with Gasteiger partial charge in [-0.2, -0.15) is 0 Å². The van der Waals surface area contributed by atoms with Crippen LogP contribution in [0.4, 0.5) is 0 Å². The lowest BCUT2D eigenvalue weighted by Crippen LogP contribution is -2.29. The fourth-order valence-electron chi connectivity index (χ4n) is 1.62. The summed E-state index contributed by atoms with van der Waals surface area (Å²) in [5.41, 5.74) is 4.66. The highest BCUT2D eigenvalue weighted by Crippen LogP contribution is 2.18. The van der Waals surface area contributed by atoms with E-state index >= 15 is 0 Å². The molecule has 6 heteroatoms. The fraction of sp³-hybridized carbons (Fsp3) is 0.400. The van der Waals surface area contributed by atoms with Gasteiger partial charge in [-0.15, -0.1) is 5.10 Å². The molecule has 2 rings (SSSR count). The zero-order chi connectivity index (χ0) is 11.5. The molecular weight excluding hydrogens is 206 g/mol. The third-order valence-electron chi connectivity index (χ3n) is 2.42. The fourth-order valence-corrected chi connectivity index (χ4v) is 1.62. The van der Waals surface area contributed by atoms with Gasteiger partial charge in [-0.3, -0.25) is 16.0 Å². The van der Waals surface area contributed by atoms with Gasteiger partial charge in [-0.1, -0.05) is 5.21 Å². The topological polar surface area (TPSA) is 81.9 Å². The molecule has 2 heterocycles. The zero-order valence-electron chi connectivity index (χ0n) is 9.34. The molecule has 1 unspecified atom stereocenters. The Kier molecular flexibility index (Phi) is 3.02. The molecule has 2 aromatic heterocycles. The Morgan fingerprint density at radius 1 is 1.62 bits per heavy atom. The zero-order valence-corrected chi connectivity index (χ0v) is 9.34. The minimum atomic E-state index is -0.00542. The van der Waals surface area contributed by atoms with Crippen molar-refractivity contribution in [2.75, 3.05) is 0 Å². The van der Waals surface area contributed by atoms with Gasteiger partial charge in [0.25, 0.3) is 0 Å². The summed E-state index contributed by atoms with van der Waals surface area (Å²) in [6.45, 7) is 1.90. The number of furan rings is 1. The van der Waals surface area contributed by atoms with Gasteiger partial charge in [0, 0.05) is 25.2 Å². The lowest BCUT2D eigenvalue weighted by Gasteiger charge is -2.11. The van der Waals surface area contributed by atoms with Crippen LogP contribution < -0.4 is 11.3 Å². The van der Waals surface area contributed by atoms with Crippen LogP contribution in [0.25, 0.3) is 0 Å². The van der Waals surface area contributed by atoms with E-state index in [0.29, 0.717) is 6.42 Å². The SMILES string of the molecule is Cc1cc(C(Cc2cn(C)nn2)NN)co1. The molecule has 0 aromatic carbocycles. The molecule has 0 aliphatic carbocycles. The number of aryl methyl sites for hydroxylation is 2. The van der Waals surface area contributed by atoms with E-state index in [1.165, 1.54) is 0 Å². The van der Waals surface area contributed by atoms with Crippen molar-refractivity contribution in [2.24, 2.45) is 12.9 Å². The second-order valence-electron chi connectivity index (χ2n) is 3.80. The van der Waals surface area contributed by atoms with Crippen LogP contribution in [-0.2, 0) is 13.5 Å². The molecule has 16 heavy (non-hydrogen) atoms. The number of aromatic nitrogens is 3. The van der Waals surface area contributed by atoms with Crippen LogP contribution in [0.3, 0.4) is 0 Å². The summed E-state index contributed by atoms with van der Waals surface area (Å²) in [6.07, 6.45) is 4.26. The monoisotopic (exact) mass is 221 g/mol. The normalized spacial score (nSPS) is 12.9. The molecule has 2 aromatic rings. The Morgan fingerprint density at radius 2 is 2.44 bits per heavy atom. The number of nitrogens with two attached hydrogens (primary N) is 1. The summed E-state index contributed by atoms with van der Waals surface area (Å²) in [6, 6.07) is 1.95. The number of hydrogen-bond acceptors (Lipinski definition) is 5. The van der Waals surface area contributed by atoms with Crippen molar-refractivity contribution in [3.63, 3.8) is 0 Å². The largest absolute Gasteiger partial charge is 0.469 e. The number of hydrogen-bond donors (Lipinski definition) is 2. The van der Waals surface area contributed by atoms with Crippen molar-refractivity contribution < 1.29 is 4.42 Å². The standard InChI is InChI=1S/C10H15N5O/c1-7-3-8(6-16-7)10(12-11)4-9-5-15(2)14-13-9/h3,5-6,10,12H,4,11H2,1-2H3. The van der Waals surface area contributed by atoms with Crippen LogP contribution in [0.2, 0.25) is 0 Å². The van der Waals surface area contributed by atoms with E-state index in [0.717, 1.165) is 17.0 Å². The molecule has 0 aliphatic heterocycles. The summed E-state index contributed by atoms with van der Waals surface area (Å²) in [7, 11) is 1.84. The molecule has 0 radical (unpaired) electrons. The summed E-state index contributed by atoms with van der Waals surface area (Å²) >= 11 is 0. The minimum absolute atomic E-state index is 0.00542. The molecule has 86 valence electrons. The number of hydrazine groups is 1. The highest BCUT2D eigenvalue weighted by atomic mass is 16.3. The third kappa shape index (κ3) is 2.29. The quantitative estimate of drug-likeness (QED) is 0.579. The Morgan fingerprint density at radius 3 is 2.94 bits per heavy atom. The van der Waals surface area contributed by atoms with Gasteiger partial charge in [0.1, 0.15) is 5.76 Å². The molecule has 1 atom stereocenters. The van der Waals surface area contributed by atoms with Crippen molar-refractivity contribution in [3.05, 3.63) is 35.5 Å². The smallest absolute Gasteiger partial charge is 0.101 e. The predicted octanol–water partition coefficient (Wildman–Crippen LogP) is 0.464. The first-order valence-electron chi connectivity index (χ1n) is 5.05. The lowest BCUT2D eigenvalue weighted by molar-refractivity contribution is 0.509. The summed E-state index contributed by atoms with van der Waals surface area (Å²) < 4.78 is 6.92. The van der Waals surface area contributed by atoms with E-state index < -0.39 is 0 Å². The molecule has 6 nitrogen and oxygen atoms in total. The Hall–Kier alpha value is -1.66. The van der Waals surface area contributed by atoms with Crippen LogP contribution >= 0.6 is 0 Å². The van der Waals surface area contributed by atoms with E-state index in [1.54, 1.807) is 10.9 Å². The van der Waals surface area contributed by atoms with Crippen molar-refractivity contribution >= 4 is 0 Å². The second kappa shape index (κ2) is 4.46. The Bertz CT molecular complexity index is 461. The highest BCUT2D eigenvalue weighted by Gasteiger charge is 2.14. The minimum Gasteiger partial charge on any atom is -0.469 e. The molecule has 0 saturated carbocycles. The van der Waals surface area contributed by atoms with E-state index in [4.69, 9.17) is 10.3 Å². The van der Waals surface area contributed by atoms with E-state index in [2.05, 4.69) is 15.7 Å². The average molecular weight is 221 g/mol. The summed E-state index contributed by atoms with van der Waals surface area (Å²) in [5.74, 6) is 6.39. The first kappa shape index (κ1) is 10.8. The lowest BCUT2D eigenvalue weighted by atomic mass is 10.1. The van der Waals surface area contributed by atoms with Crippen LogP contribution in [0.15, 0.2) is 22.9 Å². The van der Waals surface area contributed by atoms with Gasteiger partial charge in [-0.05, 0) is 13.0 Å². The van der Waals surface area contributed by atoms with E-state index in [-0.39, 0.29) is 6.04 Å². The molecular formula is C10H15N5O. The third-order valence-corrected chi connectivity index (χ3v) is 2.42. The number of rotatable bonds is 4. The predicted molar refractivity (Wildman–Crippen MR) is 58.2 cm³/mol. The van der Waals surface area contributed by atoms with Crippen molar-refractivity contribution in [1.29, 1.82) is 0 Å². The van der Waals surface area contributed by atoms with Crippen LogP contribution in [0.5, 0.6) is 0 Å². The van der Waals surface area contributed by atoms with Gasteiger partial charge in [-0.25, -0.2) is 0 Å². The maximum absolute atomic E-state index is 5.52. The van der Waals surface area contributed by atoms with Crippen LogP contribution in [-0.4, -0.2) is 15.0 Å². The number of nitrogens with zero attached hydrogens (tertiary/aromatic N) is 3. The molecule has 0 saturated heterocycles. The van der Waals surface area contributed by atoms with Gasteiger partial charge >= 0.3 is 0 Å². The molecule has 3 N–H and O–H groups in total. The second-order valence-corrected chi connectivity index (χ2v) is 3.80. The Balaban J connectivity index is 2.12. The molecule has 0 fully saturated rings. The van der Waals surface area contributed by atoms with Gasteiger partial charge in [0.2, 0.25) is 0 Å². The molecule has 0 aliphatic rings. The Labute approximate surface area is 93.4 Å². The van der Waals surface area contributed by atoms with Crippen molar-refractivity contribution in [2.45, 2.75) is 19.4 Å². The van der Waals surface area contributed by atoms with E-state index in [9.17, 15) is 0 Å². The van der Waals surface area contributed by atoms with Gasteiger partial charge < -0.3 is 4.42 Å². The average Bonchev–Trinajstić information content (AvgIpc) is 2.84. The first-order valence-corrected chi connectivity index (χ1v) is 5.05. The molecule has 0 bridgehead atoms. The van der Waals surface area contributed by atoms with Crippen molar-refractivity contribution in [1.82, 2.24) is 20.4 Å². The van der Waals surface area contributed by atoms with Crippen molar-refractivity contribution in [3.8, 4) is 0 Å². The summed E-state index contributed by atoms with van der Waals surface area (Å²) in [4.78, 5) is 0. The molecule has 0 spiro atoms. The first-order chi connectivity index (χ1) is 7.69. The van der Waals surface area contributed by atoms with Crippen LogP contribution in [0, 0.1) is 6.92 Å². The maximum atomic E-state index is 5.52. The number of nitrogens with one attached hydrogen (secondary N) is 1. The molecule has 0 amide bonds. The van der Waals surface area contributed by atoms with Crippen LogP contribution in [0.1, 0.15) is 23.1 Å². The highest BCUT2D eigenvalue weighted by molar-refractivity contribution is 5.18. The van der Waals surface area contributed by atoms with Gasteiger partial charge in [0.05, 0.1) is 18.0 Å². The summed E-state index contributed by atoms with van der Waals surface area (Å²) in [5, 5.41) is 7.90.